The maximum absolute atomic E-state index is 5.97. The van der Waals surface area contributed by atoms with Gasteiger partial charge in [-0.15, -0.1) is 0 Å². The van der Waals surface area contributed by atoms with Gasteiger partial charge in [0.25, 0.3) is 0 Å². The highest BCUT2D eigenvalue weighted by Gasteiger charge is 2.18. The molecule has 3 aromatic rings. The zero-order valence-electron chi connectivity index (χ0n) is 13.3. The number of aromatic amines is 1. The smallest absolute Gasteiger partial charge is 0.137 e. The number of aromatic nitrogens is 2. The number of hydrogen-bond acceptors (Lipinski definition) is 3. The van der Waals surface area contributed by atoms with E-state index in [4.69, 9.17) is 11.6 Å². The van der Waals surface area contributed by atoms with Crippen molar-refractivity contribution in [3.8, 4) is 0 Å². The number of nitrogens with zero attached hydrogens (tertiary/aromatic N) is 3. The second kappa shape index (κ2) is 7.43. The van der Waals surface area contributed by atoms with E-state index in [1.807, 2.05) is 24.4 Å². The lowest BCUT2D eigenvalue weighted by Crippen LogP contribution is -3.00. The molecule has 1 aliphatic heterocycles. The van der Waals surface area contributed by atoms with Gasteiger partial charge in [0.05, 0.1) is 0 Å². The fraction of sp³-hybridized carbons (Fsp3) is 0.278. The number of pyridine rings is 1. The Balaban J connectivity index is 0.00000169. The molecule has 0 unspecified atom stereocenters. The lowest BCUT2D eigenvalue weighted by Gasteiger charge is -2.36. The Morgan fingerprint density at radius 2 is 1.79 bits per heavy atom. The Labute approximate surface area is 152 Å². The molecule has 3 heterocycles. The van der Waals surface area contributed by atoms with E-state index in [0.717, 1.165) is 43.4 Å². The van der Waals surface area contributed by atoms with Gasteiger partial charge in [0.15, 0.2) is 0 Å². The Bertz CT molecular complexity index is 792. The molecule has 24 heavy (non-hydrogen) atoms. The van der Waals surface area contributed by atoms with Crippen LogP contribution in [0.25, 0.3) is 11.0 Å². The van der Waals surface area contributed by atoms with Crippen LogP contribution in [0.1, 0.15) is 5.56 Å². The first-order valence-corrected chi connectivity index (χ1v) is 8.31. The summed E-state index contributed by atoms with van der Waals surface area (Å²) in [6.45, 7) is 5.19. The maximum Gasteiger partial charge on any atom is 0.137 e. The molecule has 1 fully saturated rings. The molecule has 0 bridgehead atoms. The molecule has 1 N–H and O–H groups in total. The minimum absolute atomic E-state index is 0. The second-order valence-corrected chi connectivity index (χ2v) is 6.39. The summed E-state index contributed by atoms with van der Waals surface area (Å²) in [5.74, 6) is 0. The first-order chi connectivity index (χ1) is 11.3. The van der Waals surface area contributed by atoms with Crippen LogP contribution in [0.3, 0.4) is 0 Å². The van der Waals surface area contributed by atoms with Gasteiger partial charge in [-0.1, -0.05) is 11.6 Å². The third kappa shape index (κ3) is 3.51. The van der Waals surface area contributed by atoms with Crippen LogP contribution in [0, 0.1) is 0 Å². The third-order valence-corrected chi connectivity index (χ3v) is 4.75. The van der Waals surface area contributed by atoms with Gasteiger partial charge in [0.1, 0.15) is 5.65 Å². The molecule has 0 saturated carbocycles. The number of benzene rings is 1. The zero-order valence-corrected chi connectivity index (χ0v) is 14.8. The average molecular weight is 362 g/mol. The van der Waals surface area contributed by atoms with E-state index in [2.05, 4.69) is 44.2 Å². The average Bonchev–Trinajstić information content (AvgIpc) is 3.00. The van der Waals surface area contributed by atoms with Gasteiger partial charge in [0.2, 0.25) is 0 Å². The van der Waals surface area contributed by atoms with Crippen LogP contribution in [0.5, 0.6) is 0 Å². The lowest BCUT2D eigenvalue weighted by molar-refractivity contribution is -0.00000458. The molecule has 0 amide bonds. The SMILES string of the molecule is Clc1ccc(N2CCN(Cc3c[nH]c4ncccc34)CC2)cc1.[Cl-]. The number of hydrogen-bond donors (Lipinski definition) is 1. The summed E-state index contributed by atoms with van der Waals surface area (Å²) >= 11 is 5.97. The van der Waals surface area contributed by atoms with Crippen molar-refractivity contribution in [3.63, 3.8) is 0 Å². The first-order valence-electron chi connectivity index (χ1n) is 7.93. The fourth-order valence-electron chi connectivity index (χ4n) is 3.20. The Kier molecular flexibility index (Phi) is 5.29. The molecule has 4 rings (SSSR count). The summed E-state index contributed by atoms with van der Waals surface area (Å²) in [6, 6.07) is 12.3. The predicted molar refractivity (Wildman–Crippen MR) is 95.0 cm³/mol. The minimum Gasteiger partial charge on any atom is -1.00 e. The van der Waals surface area contributed by atoms with Crippen molar-refractivity contribution in [1.82, 2.24) is 14.9 Å². The van der Waals surface area contributed by atoms with Crippen molar-refractivity contribution in [3.05, 3.63) is 59.4 Å². The second-order valence-electron chi connectivity index (χ2n) is 5.95. The van der Waals surface area contributed by atoms with Gasteiger partial charge in [-0.3, -0.25) is 4.90 Å². The van der Waals surface area contributed by atoms with Gasteiger partial charge in [-0.25, -0.2) is 4.98 Å². The molecule has 0 spiro atoms. The topological polar surface area (TPSA) is 35.2 Å². The van der Waals surface area contributed by atoms with Gasteiger partial charge in [-0.2, -0.15) is 0 Å². The molecule has 0 atom stereocenters. The highest BCUT2D eigenvalue weighted by atomic mass is 35.5. The van der Waals surface area contributed by atoms with Crippen molar-refractivity contribution in [1.29, 1.82) is 0 Å². The summed E-state index contributed by atoms with van der Waals surface area (Å²) in [7, 11) is 0. The van der Waals surface area contributed by atoms with Crippen LogP contribution in [0.4, 0.5) is 5.69 Å². The number of anilines is 1. The quantitative estimate of drug-likeness (QED) is 0.739. The van der Waals surface area contributed by atoms with Crippen molar-refractivity contribution in [2.24, 2.45) is 0 Å². The highest BCUT2D eigenvalue weighted by molar-refractivity contribution is 6.30. The van der Waals surface area contributed by atoms with Crippen LogP contribution < -0.4 is 17.3 Å². The number of halogens is 2. The summed E-state index contributed by atoms with van der Waals surface area (Å²) in [6.07, 6.45) is 3.91. The maximum atomic E-state index is 5.97. The summed E-state index contributed by atoms with van der Waals surface area (Å²) in [5, 5.41) is 2.02. The van der Waals surface area contributed by atoms with Crippen LogP contribution in [-0.2, 0) is 6.54 Å². The van der Waals surface area contributed by atoms with Gasteiger partial charge >= 0.3 is 0 Å². The van der Waals surface area contributed by atoms with Gasteiger partial charge < -0.3 is 22.3 Å². The number of fused-ring (bicyclic) bond motifs is 1. The van der Waals surface area contributed by atoms with Crippen molar-refractivity contribution < 1.29 is 12.4 Å². The molecule has 4 nitrogen and oxygen atoms in total. The van der Waals surface area contributed by atoms with Gasteiger partial charge in [-0.05, 0) is 42.0 Å². The van der Waals surface area contributed by atoms with Gasteiger partial charge in [0, 0.05) is 61.2 Å². The number of rotatable bonds is 3. The van der Waals surface area contributed by atoms with E-state index in [-0.39, 0.29) is 12.4 Å². The molecular weight excluding hydrogens is 343 g/mol. The number of nitrogens with one attached hydrogen (secondary N) is 1. The molecule has 2 aromatic heterocycles. The monoisotopic (exact) mass is 361 g/mol. The van der Waals surface area contributed by atoms with E-state index < -0.39 is 0 Å². The Morgan fingerprint density at radius 3 is 2.54 bits per heavy atom. The fourth-order valence-corrected chi connectivity index (χ4v) is 3.33. The van der Waals surface area contributed by atoms with Crippen molar-refractivity contribution in [2.45, 2.75) is 6.54 Å². The van der Waals surface area contributed by atoms with Crippen LogP contribution >= 0.6 is 11.6 Å². The number of H-pyrrole nitrogens is 1. The molecule has 6 heteroatoms. The van der Waals surface area contributed by atoms with Crippen LogP contribution in [-0.4, -0.2) is 41.0 Å². The van der Waals surface area contributed by atoms with Crippen LogP contribution in [0.2, 0.25) is 5.02 Å². The van der Waals surface area contributed by atoms with E-state index in [1.54, 1.807) is 0 Å². The molecular formula is C18H19Cl2N4-. The predicted octanol–water partition coefficient (Wildman–Crippen LogP) is 0.542. The molecule has 0 radical (unpaired) electrons. The summed E-state index contributed by atoms with van der Waals surface area (Å²) < 4.78 is 0. The minimum atomic E-state index is 0. The van der Waals surface area contributed by atoms with E-state index in [9.17, 15) is 0 Å². The molecule has 0 aliphatic carbocycles. The Morgan fingerprint density at radius 1 is 1.04 bits per heavy atom. The van der Waals surface area contributed by atoms with E-state index in [1.165, 1.54) is 16.6 Å². The zero-order chi connectivity index (χ0) is 15.6. The summed E-state index contributed by atoms with van der Waals surface area (Å²) in [4.78, 5) is 12.5. The standard InChI is InChI=1S/C18H19ClN4.ClH/c19-15-3-5-16(6-4-15)23-10-8-22(9-11-23)13-14-12-21-18-17(14)2-1-7-20-18;/h1-7,12H,8-11,13H2,(H,20,21);1H/p-1. The van der Waals surface area contributed by atoms with E-state index in [0.29, 0.717) is 0 Å². The normalized spacial score (nSPS) is 15.5. The molecule has 1 aromatic carbocycles. The largest absolute Gasteiger partial charge is 1.00 e. The van der Waals surface area contributed by atoms with E-state index >= 15 is 0 Å². The molecule has 1 aliphatic rings. The highest BCUT2D eigenvalue weighted by Crippen LogP contribution is 2.21. The van der Waals surface area contributed by atoms with Crippen molar-refractivity contribution in [2.75, 3.05) is 31.1 Å². The first kappa shape index (κ1) is 17.1. The Hall–Kier alpha value is -1.75. The lowest BCUT2D eigenvalue weighted by atomic mass is 10.2. The van der Waals surface area contributed by atoms with Crippen molar-refractivity contribution >= 4 is 28.3 Å². The summed E-state index contributed by atoms with van der Waals surface area (Å²) in [5.41, 5.74) is 3.56. The molecule has 1 saturated heterocycles. The third-order valence-electron chi connectivity index (χ3n) is 4.49. The van der Waals surface area contributed by atoms with Crippen LogP contribution in [0.15, 0.2) is 48.8 Å². The number of piperazine rings is 1. The molecule has 126 valence electrons.